The van der Waals surface area contributed by atoms with Crippen molar-refractivity contribution in [1.82, 2.24) is 5.32 Å². The van der Waals surface area contributed by atoms with Crippen LogP contribution in [0, 0.1) is 13.8 Å². The number of rotatable bonds is 6. The maximum atomic E-state index is 12.3. The molecule has 0 aliphatic carbocycles. The van der Waals surface area contributed by atoms with Crippen molar-refractivity contribution in [2.45, 2.75) is 40.2 Å². The largest absolute Gasteiger partial charge is 0.496 e. The van der Waals surface area contributed by atoms with E-state index < -0.39 is 0 Å². The number of hydrogen-bond acceptors (Lipinski definition) is 3. The van der Waals surface area contributed by atoms with Crippen LogP contribution in [0.15, 0.2) is 12.1 Å². The fourth-order valence-corrected chi connectivity index (χ4v) is 2.25. The molecular weight excluding hydrogens is 226 g/mol. The monoisotopic (exact) mass is 249 g/mol. The molecule has 0 aliphatic rings. The Morgan fingerprint density at radius 3 is 2.61 bits per heavy atom. The normalized spacial score (nSPS) is 12.3. The smallest absolute Gasteiger partial charge is 0.168 e. The Bertz CT molecular complexity index is 427. The Hall–Kier alpha value is -1.35. The average molecular weight is 249 g/mol. The molecule has 0 aliphatic heterocycles. The van der Waals surface area contributed by atoms with E-state index in [4.69, 9.17) is 4.74 Å². The first kappa shape index (κ1) is 14.7. The third-order valence-corrected chi connectivity index (χ3v) is 2.99. The molecule has 100 valence electrons. The van der Waals surface area contributed by atoms with Gasteiger partial charge < -0.3 is 10.1 Å². The minimum Gasteiger partial charge on any atom is -0.496 e. The van der Waals surface area contributed by atoms with Crippen molar-refractivity contribution in [3.8, 4) is 5.75 Å². The maximum absolute atomic E-state index is 12.3. The van der Waals surface area contributed by atoms with Crippen molar-refractivity contribution >= 4 is 5.78 Å². The lowest BCUT2D eigenvalue weighted by atomic mass is 9.97. The summed E-state index contributed by atoms with van der Waals surface area (Å²) in [4.78, 5) is 12.3. The highest BCUT2D eigenvalue weighted by Gasteiger charge is 2.17. The van der Waals surface area contributed by atoms with Crippen LogP contribution in [-0.4, -0.2) is 25.5 Å². The molecule has 0 spiro atoms. The highest BCUT2D eigenvalue weighted by molar-refractivity contribution is 6.00. The zero-order valence-electron chi connectivity index (χ0n) is 12.0. The second kappa shape index (κ2) is 6.55. The SMILES string of the molecule is CCNC(C)CC(=O)c1c(C)cc(C)cc1OC. The molecule has 0 heterocycles. The topological polar surface area (TPSA) is 38.3 Å². The Balaban J connectivity index is 2.98. The van der Waals surface area contributed by atoms with Gasteiger partial charge in [0.25, 0.3) is 0 Å². The van der Waals surface area contributed by atoms with E-state index in [2.05, 4.69) is 5.32 Å². The fraction of sp³-hybridized carbons (Fsp3) is 0.533. The molecule has 1 aromatic rings. The average Bonchev–Trinajstić information content (AvgIpc) is 2.27. The number of methoxy groups -OCH3 is 1. The number of Topliss-reactive ketones (excluding diaryl/α,β-unsaturated/α-hetero) is 1. The Kier molecular flexibility index (Phi) is 5.35. The van der Waals surface area contributed by atoms with Gasteiger partial charge >= 0.3 is 0 Å². The molecule has 0 bridgehead atoms. The third-order valence-electron chi connectivity index (χ3n) is 2.99. The summed E-state index contributed by atoms with van der Waals surface area (Å²) in [7, 11) is 1.61. The van der Waals surface area contributed by atoms with Gasteiger partial charge in [-0.3, -0.25) is 4.79 Å². The second-order valence-electron chi connectivity index (χ2n) is 4.75. The van der Waals surface area contributed by atoms with Gasteiger partial charge in [-0.2, -0.15) is 0 Å². The molecule has 1 N–H and O–H groups in total. The van der Waals surface area contributed by atoms with Gasteiger partial charge in [0.1, 0.15) is 5.75 Å². The first-order chi connectivity index (χ1) is 8.49. The molecule has 1 atom stereocenters. The van der Waals surface area contributed by atoms with Gasteiger partial charge in [0.2, 0.25) is 0 Å². The summed E-state index contributed by atoms with van der Waals surface area (Å²) in [5.41, 5.74) is 2.81. The number of aryl methyl sites for hydroxylation is 2. The van der Waals surface area contributed by atoms with Crippen LogP contribution in [0.1, 0.15) is 41.8 Å². The minimum atomic E-state index is 0.137. The summed E-state index contributed by atoms with van der Waals surface area (Å²) in [5.74, 6) is 0.819. The molecule has 1 aromatic carbocycles. The summed E-state index contributed by atoms with van der Waals surface area (Å²) in [6, 6.07) is 4.12. The zero-order chi connectivity index (χ0) is 13.7. The van der Waals surface area contributed by atoms with E-state index in [-0.39, 0.29) is 11.8 Å². The summed E-state index contributed by atoms with van der Waals surface area (Å²) in [6.07, 6.45) is 0.494. The van der Waals surface area contributed by atoms with Gasteiger partial charge in [-0.15, -0.1) is 0 Å². The zero-order valence-corrected chi connectivity index (χ0v) is 12.0. The lowest BCUT2D eigenvalue weighted by Gasteiger charge is -2.15. The lowest BCUT2D eigenvalue weighted by Crippen LogP contribution is -2.28. The van der Waals surface area contributed by atoms with Crippen LogP contribution in [0.5, 0.6) is 5.75 Å². The van der Waals surface area contributed by atoms with Crippen LogP contribution in [-0.2, 0) is 0 Å². The van der Waals surface area contributed by atoms with Gasteiger partial charge in [0.15, 0.2) is 5.78 Å². The van der Waals surface area contributed by atoms with Crippen molar-refractivity contribution < 1.29 is 9.53 Å². The van der Waals surface area contributed by atoms with Crippen molar-refractivity contribution in [1.29, 1.82) is 0 Å². The van der Waals surface area contributed by atoms with Crippen molar-refractivity contribution in [2.75, 3.05) is 13.7 Å². The first-order valence-corrected chi connectivity index (χ1v) is 6.41. The molecule has 0 saturated heterocycles. The van der Waals surface area contributed by atoms with E-state index in [9.17, 15) is 4.79 Å². The van der Waals surface area contributed by atoms with E-state index in [0.29, 0.717) is 17.7 Å². The van der Waals surface area contributed by atoms with E-state index >= 15 is 0 Å². The molecule has 0 amide bonds. The predicted molar refractivity (Wildman–Crippen MR) is 74.6 cm³/mol. The highest BCUT2D eigenvalue weighted by Crippen LogP contribution is 2.25. The second-order valence-corrected chi connectivity index (χ2v) is 4.75. The van der Waals surface area contributed by atoms with E-state index in [1.807, 2.05) is 39.8 Å². The van der Waals surface area contributed by atoms with E-state index in [0.717, 1.165) is 17.7 Å². The van der Waals surface area contributed by atoms with Crippen LogP contribution < -0.4 is 10.1 Å². The molecule has 0 fully saturated rings. The molecule has 3 heteroatoms. The Morgan fingerprint density at radius 1 is 1.39 bits per heavy atom. The van der Waals surface area contributed by atoms with Crippen LogP contribution in [0.4, 0.5) is 0 Å². The first-order valence-electron chi connectivity index (χ1n) is 6.41. The van der Waals surface area contributed by atoms with Gasteiger partial charge in [0, 0.05) is 12.5 Å². The molecular formula is C15H23NO2. The van der Waals surface area contributed by atoms with Crippen molar-refractivity contribution in [3.05, 3.63) is 28.8 Å². The molecule has 1 unspecified atom stereocenters. The van der Waals surface area contributed by atoms with E-state index in [1.165, 1.54) is 0 Å². The maximum Gasteiger partial charge on any atom is 0.168 e. The van der Waals surface area contributed by atoms with Crippen LogP contribution in [0.25, 0.3) is 0 Å². The van der Waals surface area contributed by atoms with Crippen molar-refractivity contribution in [2.24, 2.45) is 0 Å². The number of ether oxygens (including phenoxy) is 1. The van der Waals surface area contributed by atoms with Crippen LogP contribution >= 0.6 is 0 Å². The molecule has 3 nitrogen and oxygen atoms in total. The van der Waals surface area contributed by atoms with E-state index in [1.54, 1.807) is 7.11 Å². The van der Waals surface area contributed by atoms with Crippen LogP contribution in [0.2, 0.25) is 0 Å². The Morgan fingerprint density at radius 2 is 2.06 bits per heavy atom. The lowest BCUT2D eigenvalue weighted by molar-refractivity contribution is 0.0968. The highest BCUT2D eigenvalue weighted by atomic mass is 16.5. The fourth-order valence-electron chi connectivity index (χ4n) is 2.25. The third kappa shape index (κ3) is 3.57. The molecule has 0 radical (unpaired) electrons. The number of benzene rings is 1. The quantitative estimate of drug-likeness (QED) is 0.788. The number of hydrogen-bond donors (Lipinski definition) is 1. The van der Waals surface area contributed by atoms with Gasteiger partial charge in [-0.25, -0.2) is 0 Å². The van der Waals surface area contributed by atoms with Crippen molar-refractivity contribution in [3.63, 3.8) is 0 Å². The number of carbonyl (C=O) groups excluding carboxylic acids is 1. The number of ketones is 1. The summed E-state index contributed by atoms with van der Waals surface area (Å²) in [6.45, 7) is 8.90. The van der Waals surface area contributed by atoms with Gasteiger partial charge in [0.05, 0.1) is 12.7 Å². The standard InChI is InChI=1S/C15H23NO2/c1-6-16-12(4)9-13(17)15-11(3)7-10(2)8-14(15)18-5/h7-8,12,16H,6,9H2,1-5H3. The number of nitrogens with one attached hydrogen (secondary N) is 1. The molecule has 18 heavy (non-hydrogen) atoms. The molecule has 1 rings (SSSR count). The van der Waals surface area contributed by atoms with Crippen LogP contribution in [0.3, 0.4) is 0 Å². The molecule has 0 aromatic heterocycles. The van der Waals surface area contributed by atoms with Gasteiger partial charge in [-0.05, 0) is 44.5 Å². The molecule has 0 saturated carbocycles. The number of carbonyl (C=O) groups is 1. The summed E-state index contributed by atoms with van der Waals surface area (Å²) < 4.78 is 5.33. The predicted octanol–water partition coefficient (Wildman–Crippen LogP) is 2.88. The Labute approximate surface area is 110 Å². The summed E-state index contributed by atoms with van der Waals surface area (Å²) >= 11 is 0. The summed E-state index contributed by atoms with van der Waals surface area (Å²) in [5, 5.41) is 3.25. The minimum absolute atomic E-state index is 0.137. The van der Waals surface area contributed by atoms with Gasteiger partial charge in [-0.1, -0.05) is 13.0 Å².